The number of benzene rings is 3. The average molecular weight is 570 g/mol. The van der Waals surface area contributed by atoms with Crippen molar-refractivity contribution in [1.82, 2.24) is 8.88 Å². The molecule has 9 heteroatoms. The van der Waals surface area contributed by atoms with Gasteiger partial charge in [0.15, 0.2) is 0 Å². The van der Waals surface area contributed by atoms with Crippen LogP contribution in [0, 0.1) is 0 Å². The van der Waals surface area contributed by atoms with Crippen LogP contribution in [-0.2, 0) is 19.4 Å². The first-order chi connectivity index (χ1) is 18.0. The monoisotopic (exact) mass is 570 g/mol. The number of hydrogen-bond donors (Lipinski definition) is 1. The number of aryl methyl sites for hydroxylation is 2. The van der Waals surface area contributed by atoms with Crippen molar-refractivity contribution in [1.29, 1.82) is 0 Å². The van der Waals surface area contributed by atoms with Gasteiger partial charge in [-0.15, -0.1) is 0 Å². The minimum absolute atomic E-state index is 0.0320. The van der Waals surface area contributed by atoms with E-state index in [1.807, 2.05) is 40.0 Å². The molecule has 0 unspecified atom stereocenters. The van der Waals surface area contributed by atoms with E-state index in [2.05, 4.69) is 5.32 Å². The van der Waals surface area contributed by atoms with Gasteiger partial charge < -0.3 is 0 Å². The van der Waals surface area contributed by atoms with E-state index in [9.17, 15) is 9.59 Å². The second-order valence-corrected chi connectivity index (χ2v) is 10.5. The van der Waals surface area contributed by atoms with Gasteiger partial charge in [0, 0.05) is 0 Å². The van der Waals surface area contributed by atoms with Crippen LogP contribution in [0.1, 0.15) is 21.5 Å². The fourth-order valence-electron chi connectivity index (χ4n) is 4.13. The standard InChI is InChI=1S/C28H30N2O6Se/c1-33-22-10-8-18(16-24(22)35-3)12-14-29-27(31)20-6-5-7-21-26(20)37-30(28(21)32)15-13-19-9-11-23(34-2)25(17-19)36-4/h5-11,16-17H,12-15H2,1-4H3,(H,29,31). The zero-order valence-corrected chi connectivity index (χ0v) is 23.0. The number of nitrogens with one attached hydrogen (secondary N) is 1. The molecule has 194 valence electrons. The molecule has 0 aliphatic carbocycles. The van der Waals surface area contributed by atoms with E-state index >= 15 is 0 Å². The Bertz CT molecular complexity index is 1460. The number of aromatic nitrogens is 1. The second-order valence-electron chi connectivity index (χ2n) is 8.32. The van der Waals surface area contributed by atoms with Gasteiger partial charge in [0.25, 0.3) is 0 Å². The Hall–Kier alpha value is -3.68. The molecule has 0 bridgehead atoms. The van der Waals surface area contributed by atoms with Crippen molar-refractivity contribution in [2.24, 2.45) is 0 Å². The first-order valence-corrected chi connectivity index (χ1v) is 13.4. The van der Waals surface area contributed by atoms with E-state index in [0.717, 1.165) is 15.4 Å². The molecule has 1 aromatic heterocycles. The number of methoxy groups -OCH3 is 4. The van der Waals surface area contributed by atoms with Crippen molar-refractivity contribution >= 4 is 30.3 Å². The molecule has 0 fully saturated rings. The predicted octanol–water partition coefficient (Wildman–Crippen LogP) is 3.31. The number of nitrogens with zero attached hydrogens (tertiary/aromatic N) is 1. The number of ether oxygens (including phenoxy) is 4. The van der Waals surface area contributed by atoms with Crippen LogP contribution in [0.25, 0.3) is 9.65 Å². The third-order valence-electron chi connectivity index (χ3n) is 6.12. The van der Waals surface area contributed by atoms with Crippen LogP contribution in [0.4, 0.5) is 0 Å². The summed E-state index contributed by atoms with van der Waals surface area (Å²) >= 11 is -0.278. The van der Waals surface area contributed by atoms with Crippen molar-refractivity contribution in [2.45, 2.75) is 19.4 Å². The Kier molecular flexibility index (Phi) is 8.58. The van der Waals surface area contributed by atoms with Gasteiger partial charge in [-0.1, -0.05) is 0 Å². The van der Waals surface area contributed by atoms with Crippen molar-refractivity contribution in [3.8, 4) is 23.0 Å². The zero-order chi connectivity index (χ0) is 26.4. The number of hydrogen-bond acceptors (Lipinski definition) is 6. The molecule has 0 radical (unpaired) electrons. The topological polar surface area (TPSA) is 88.0 Å². The molecule has 4 rings (SSSR count). The van der Waals surface area contributed by atoms with E-state index in [1.54, 1.807) is 46.6 Å². The Morgan fingerprint density at radius 3 is 2.00 bits per heavy atom. The maximum atomic E-state index is 13.1. The van der Waals surface area contributed by atoms with E-state index in [4.69, 9.17) is 18.9 Å². The van der Waals surface area contributed by atoms with Crippen molar-refractivity contribution < 1.29 is 23.7 Å². The summed E-state index contributed by atoms with van der Waals surface area (Å²) in [5, 5.41) is 3.61. The van der Waals surface area contributed by atoms with Crippen LogP contribution < -0.4 is 29.8 Å². The molecule has 1 heterocycles. The number of rotatable bonds is 11. The minimum atomic E-state index is -0.278. The van der Waals surface area contributed by atoms with Crippen LogP contribution in [-0.4, -0.2) is 59.2 Å². The average Bonchev–Trinajstić information content (AvgIpc) is 3.26. The van der Waals surface area contributed by atoms with Crippen LogP contribution >= 0.6 is 0 Å². The fourth-order valence-corrected chi connectivity index (χ4v) is 6.44. The molecule has 3 aromatic carbocycles. The number of carbonyl (C=O) groups is 1. The number of fused-ring (bicyclic) bond motifs is 1. The molecule has 8 nitrogen and oxygen atoms in total. The Balaban J connectivity index is 1.45. The molecule has 0 aliphatic rings. The molecular formula is C28H30N2O6Se. The van der Waals surface area contributed by atoms with Gasteiger partial charge in [-0.05, 0) is 0 Å². The van der Waals surface area contributed by atoms with Crippen LogP contribution in [0.2, 0.25) is 0 Å². The summed E-state index contributed by atoms with van der Waals surface area (Å²) in [5.41, 5.74) is 2.60. The number of carbonyl (C=O) groups excluding carboxylic acids is 1. The van der Waals surface area contributed by atoms with Gasteiger partial charge in [-0.25, -0.2) is 0 Å². The molecule has 0 aliphatic heterocycles. The second kappa shape index (κ2) is 12.0. The summed E-state index contributed by atoms with van der Waals surface area (Å²) in [4.78, 5) is 26.1. The quantitative estimate of drug-likeness (QED) is 0.279. The third kappa shape index (κ3) is 5.84. The van der Waals surface area contributed by atoms with Gasteiger partial charge in [0.1, 0.15) is 0 Å². The molecule has 1 amide bonds. The van der Waals surface area contributed by atoms with Crippen molar-refractivity contribution in [3.63, 3.8) is 0 Å². The summed E-state index contributed by atoms with van der Waals surface area (Å²) in [5.74, 6) is 2.48. The molecule has 0 spiro atoms. The summed E-state index contributed by atoms with van der Waals surface area (Å²) in [6, 6.07) is 16.8. The molecule has 37 heavy (non-hydrogen) atoms. The van der Waals surface area contributed by atoms with Gasteiger partial charge in [0.05, 0.1) is 0 Å². The van der Waals surface area contributed by atoms with Gasteiger partial charge in [0.2, 0.25) is 0 Å². The van der Waals surface area contributed by atoms with Gasteiger partial charge in [-0.2, -0.15) is 0 Å². The maximum absolute atomic E-state index is 13.1. The molecule has 0 saturated heterocycles. The number of amides is 1. The van der Waals surface area contributed by atoms with E-state index in [1.165, 1.54) is 0 Å². The molecule has 4 aromatic rings. The van der Waals surface area contributed by atoms with Gasteiger partial charge >= 0.3 is 222 Å². The molecule has 0 atom stereocenters. The van der Waals surface area contributed by atoms with E-state index < -0.39 is 0 Å². The molecule has 1 N–H and O–H groups in total. The summed E-state index contributed by atoms with van der Waals surface area (Å²) in [7, 11) is 6.40. The van der Waals surface area contributed by atoms with E-state index in [0.29, 0.717) is 59.9 Å². The SMILES string of the molecule is COc1ccc(CCNC(=O)c2cccc3c(=O)n(CCc4ccc(OC)c(OC)c4)[se]c23)cc1OC. The summed E-state index contributed by atoms with van der Waals surface area (Å²) in [6.07, 6.45) is 1.32. The summed E-state index contributed by atoms with van der Waals surface area (Å²) in [6.45, 7) is 1.02. The Morgan fingerprint density at radius 1 is 0.811 bits per heavy atom. The molecule has 0 saturated carbocycles. The van der Waals surface area contributed by atoms with Crippen molar-refractivity contribution in [3.05, 3.63) is 81.6 Å². The first kappa shape index (κ1) is 26.4. The van der Waals surface area contributed by atoms with Crippen molar-refractivity contribution in [2.75, 3.05) is 35.0 Å². The third-order valence-corrected chi connectivity index (χ3v) is 8.62. The van der Waals surface area contributed by atoms with Crippen LogP contribution in [0.15, 0.2) is 59.4 Å². The Morgan fingerprint density at radius 2 is 1.41 bits per heavy atom. The van der Waals surface area contributed by atoms with Crippen LogP contribution in [0.5, 0.6) is 23.0 Å². The van der Waals surface area contributed by atoms with Gasteiger partial charge in [-0.3, -0.25) is 0 Å². The summed E-state index contributed by atoms with van der Waals surface area (Å²) < 4.78 is 24.0. The Labute approximate surface area is 221 Å². The predicted molar refractivity (Wildman–Crippen MR) is 144 cm³/mol. The normalized spacial score (nSPS) is 10.8. The van der Waals surface area contributed by atoms with E-state index in [-0.39, 0.29) is 26.2 Å². The van der Waals surface area contributed by atoms with Crippen LogP contribution in [0.3, 0.4) is 0 Å². The fraction of sp³-hybridized carbons (Fsp3) is 0.286. The zero-order valence-electron chi connectivity index (χ0n) is 21.3. The first-order valence-electron chi connectivity index (χ1n) is 11.8. The molecular weight excluding hydrogens is 539 g/mol.